The summed E-state index contributed by atoms with van der Waals surface area (Å²) in [5, 5.41) is 9.54. The lowest BCUT2D eigenvalue weighted by Crippen LogP contribution is -2.51. The molecule has 0 radical (unpaired) electrons. The van der Waals surface area contributed by atoms with E-state index in [0.29, 0.717) is 19.8 Å². The minimum Gasteiger partial charge on any atom is -0.396 e. The van der Waals surface area contributed by atoms with Crippen LogP contribution in [0.4, 0.5) is 0 Å². The van der Waals surface area contributed by atoms with Gasteiger partial charge in [-0.15, -0.1) is 0 Å². The minimum atomic E-state index is -2.75. The molecule has 1 atom stereocenters. The predicted octanol–water partition coefficient (Wildman–Crippen LogP) is 2.11. The first-order valence-corrected chi connectivity index (χ1v) is 8.77. The average molecular weight is 282 g/mol. The van der Waals surface area contributed by atoms with Gasteiger partial charge in [-0.2, -0.15) is 12.6 Å². The van der Waals surface area contributed by atoms with Crippen LogP contribution < -0.4 is 0 Å². The topological polar surface area (TPSA) is 47.9 Å². The van der Waals surface area contributed by atoms with Crippen LogP contribution in [0, 0.1) is 0 Å². The zero-order valence-electron chi connectivity index (χ0n) is 11.1. The number of rotatable bonds is 11. The van der Waals surface area contributed by atoms with Crippen molar-refractivity contribution in [3.05, 3.63) is 0 Å². The Balaban J connectivity index is 4.76. The smallest absolute Gasteiger partial charge is 0.396 e. The fourth-order valence-corrected chi connectivity index (χ4v) is 4.93. The lowest BCUT2D eigenvalue weighted by molar-refractivity contribution is 0.0514. The lowest BCUT2D eigenvalue weighted by atomic mass is 10.2. The quantitative estimate of drug-likeness (QED) is 0.450. The van der Waals surface area contributed by atoms with E-state index >= 15 is 0 Å². The molecule has 0 fully saturated rings. The molecule has 0 aliphatic heterocycles. The second kappa shape index (κ2) is 10.3. The van der Waals surface area contributed by atoms with Crippen molar-refractivity contribution in [2.24, 2.45) is 0 Å². The van der Waals surface area contributed by atoms with E-state index in [1.807, 2.05) is 20.8 Å². The van der Waals surface area contributed by atoms with Crippen molar-refractivity contribution in [2.45, 2.75) is 39.2 Å². The molecule has 0 spiro atoms. The Bertz CT molecular complexity index is 166. The molecule has 0 saturated heterocycles. The van der Waals surface area contributed by atoms with Gasteiger partial charge in [0.1, 0.15) is 0 Å². The summed E-state index contributed by atoms with van der Waals surface area (Å²) < 4.78 is 17.3. The van der Waals surface area contributed by atoms with Gasteiger partial charge in [-0.3, -0.25) is 0 Å². The largest absolute Gasteiger partial charge is 0.506 e. The van der Waals surface area contributed by atoms with E-state index < -0.39 is 8.80 Å². The number of hydrogen-bond acceptors (Lipinski definition) is 5. The van der Waals surface area contributed by atoms with Gasteiger partial charge in [-0.25, -0.2) is 0 Å². The van der Waals surface area contributed by atoms with E-state index in [-0.39, 0.29) is 12.1 Å². The van der Waals surface area contributed by atoms with E-state index in [0.717, 1.165) is 18.6 Å². The highest BCUT2D eigenvalue weighted by atomic mass is 32.1. The van der Waals surface area contributed by atoms with E-state index in [1.54, 1.807) is 0 Å². The maximum atomic E-state index is 9.54. The van der Waals surface area contributed by atoms with Gasteiger partial charge < -0.3 is 18.4 Å². The molecular weight excluding hydrogens is 256 g/mol. The molecule has 1 N–H and O–H groups in total. The highest BCUT2D eigenvalue weighted by molar-refractivity contribution is 7.80. The van der Waals surface area contributed by atoms with Crippen LogP contribution in [0.25, 0.3) is 0 Å². The normalized spacial score (nSPS) is 13.9. The Kier molecular flexibility index (Phi) is 10.6. The summed E-state index contributed by atoms with van der Waals surface area (Å²) in [6, 6.07) is 0. The van der Waals surface area contributed by atoms with Gasteiger partial charge in [0.05, 0.1) is 12.1 Å². The maximum Gasteiger partial charge on any atom is 0.506 e. The number of thiol groups is 1. The fraction of sp³-hybridized carbons (Fsp3) is 1.00. The van der Waals surface area contributed by atoms with Crippen LogP contribution in [0.15, 0.2) is 0 Å². The summed E-state index contributed by atoms with van der Waals surface area (Å²) in [4.78, 5) is 0. The molecule has 0 aromatic heterocycles. The first kappa shape index (κ1) is 17.4. The lowest BCUT2D eigenvalue weighted by Gasteiger charge is -2.34. The zero-order valence-corrected chi connectivity index (χ0v) is 13.0. The molecule has 0 bridgehead atoms. The third kappa shape index (κ3) is 5.72. The van der Waals surface area contributed by atoms with Crippen LogP contribution in [-0.4, -0.2) is 46.1 Å². The SMILES string of the molecule is CCO[Si](OCC)(OCC)C(CO)CCCS. The van der Waals surface area contributed by atoms with Crippen molar-refractivity contribution in [3.8, 4) is 0 Å². The fourth-order valence-electron chi connectivity index (χ4n) is 1.80. The summed E-state index contributed by atoms with van der Waals surface area (Å²) in [6.45, 7) is 7.45. The molecular formula is C11H26O4SSi. The molecule has 6 heteroatoms. The molecule has 0 aliphatic carbocycles. The molecule has 1 unspecified atom stereocenters. The summed E-state index contributed by atoms with van der Waals surface area (Å²) in [7, 11) is -2.75. The Morgan fingerprint density at radius 2 is 1.53 bits per heavy atom. The zero-order chi connectivity index (χ0) is 13.1. The van der Waals surface area contributed by atoms with Gasteiger partial charge in [-0.05, 0) is 39.4 Å². The second-order valence-electron chi connectivity index (χ2n) is 3.65. The molecule has 0 aliphatic rings. The van der Waals surface area contributed by atoms with Crippen molar-refractivity contribution in [1.82, 2.24) is 0 Å². The minimum absolute atomic E-state index is 0.0417. The van der Waals surface area contributed by atoms with Crippen molar-refractivity contribution in [3.63, 3.8) is 0 Å². The highest BCUT2D eigenvalue weighted by Gasteiger charge is 2.48. The van der Waals surface area contributed by atoms with Crippen molar-refractivity contribution in [2.75, 3.05) is 32.2 Å². The Morgan fingerprint density at radius 3 is 1.82 bits per heavy atom. The van der Waals surface area contributed by atoms with Gasteiger partial charge >= 0.3 is 8.80 Å². The highest BCUT2D eigenvalue weighted by Crippen LogP contribution is 2.30. The van der Waals surface area contributed by atoms with Gasteiger partial charge in [0, 0.05) is 19.8 Å². The summed E-state index contributed by atoms with van der Waals surface area (Å²) >= 11 is 4.20. The Hall–Kier alpha value is 0.407. The molecule has 0 amide bonds. The Morgan fingerprint density at radius 1 is 1.06 bits per heavy atom. The molecule has 17 heavy (non-hydrogen) atoms. The number of hydrogen-bond donors (Lipinski definition) is 2. The van der Waals surface area contributed by atoms with Crippen LogP contribution in [0.5, 0.6) is 0 Å². The van der Waals surface area contributed by atoms with Crippen LogP contribution in [-0.2, 0) is 13.3 Å². The van der Waals surface area contributed by atoms with Gasteiger partial charge in [-0.1, -0.05) is 0 Å². The first-order valence-electron chi connectivity index (χ1n) is 6.34. The maximum absolute atomic E-state index is 9.54. The molecule has 0 aromatic rings. The molecule has 0 aromatic carbocycles. The molecule has 104 valence electrons. The monoisotopic (exact) mass is 282 g/mol. The van der Waals surface area contributed by atoms with Crippen LogP contribution in [0.1, 0.15) is 33.6 Å². The van der Waals surface area contributed by atoms with E-state index in [9.17, 15) is 5.11 Å². The Labute approximate surface area is 111 Å². The van der Waals surface area contributed by atoms with Crippen LogP contribution in [0.2, 0.25) is 5.54 Å². The van der Waals surface area contributed by atoms with Gasteiger partial charge in [0.25, 0.3) is 0 Å². The van der Waals surface area contributed by atoms with Crippen LogP contribution in [0.3, 0.4) is 0 Å². The third-order valence-corrected chi connectivity index (χ3v) is 6.33. The van der Waals surface area contributed by atoms with E-state index in [1.165, 1.54) is 0 Å². The second-order valence-corrected chi connectivity index (χ2v) is 6.98. The molecule has 4 nitrogen and oxygen atoms in total. The van der Waals surface area contributed by atoms with Gasteiger partial charge in [0.2, 0.25) is 0 Å². The summed E-state index contributed by atoms with van der Waals surface area (Å²) in [6.07, 6.45) is 1.75. The van der Waals surface area contributed by atoms with Crippen LogP contribution >= 0.6 is 12.6 Å². The van der Waals surface area contributed by atoms with Crippen molar-refractivity contribution < 1.29 is 18.4 Å². The standard InChI is InChI=1S/C11H26O4SSi/c1-4-13-17(14-5-2,15-6-3)11(10-12)8-7-9-16/h11-12,16H,4-10H2,1-3H3. The third-order valence-electron chi connectivity index (χ3n) is 2.47. The van der Waals surface area contributed by atoms with E-state index in [2.05, 4.69) is 12.6 Å². The predicted molar refractivity (Wildman–Crippen MR) is 74.6 cm³/mol. The molecule has 0 rings (SSSR count). The molecule has 0 heterocycles. The number of aliphatic hydroxyl groups excluding tert-OH is 1. The van der Waals surface area contributed by atoms with Gasteiger partial charge in [0.15, 0.2) is 0 Å². The van der Waals surface area contributed by atoms with E-state index in [4.69, 9.17) is 13.3 Å². The first-order chi connectivity index (χ1) is 8.20. The van der Waals surface area contributed by atoms with Crippen molar-refractivity contribution in [1.29, 1.82) is 0 Å². The number of aliphatic hydroxyl groups is 1. The summed E-state index contributed by atoms with van der Waals surface area (Å²) in [5.74, 6) is 0.797. The average Bonchev–Trinajstić information content (AvgIpc) is 2.31. The van der Waals surface area contributed by atoms with Crippen molar-refractivity contribution >= 4 is 21.4 Å². The molecule has 0 saturated carbocycles. The summed E-state index contributed by atoms with van der Waals surface area (Å²) in [5.41, 5.74) is -0.0468.